The first-order valence-electron chi connectivity index (χ1n) is 9.88. The van der Waals surface area contributed by atoms with Crippen molar-refractivity contribution in [2.45, 2.75) is 32.4 Å². The van der Waals surface area contributed by atoms with Gasteiger partial charge in [0.15, 0.2) is 0 Å². The van der Waals surface area contributed by atoms with E-state index in [2.05, 4.69) is 44.9 Å². The van der Waals surface area contributed by atoms with E-state index < -0.39 is 0 Å². The van der Waals surface area contributed by atoms with Gasteiger partial charge in [0, 0.05) is 17.0 Å². The minimum Gasteiger partial charge on any atom is -0.360 e. The molecule has 4 rings (SSSR count). The average molecular weight is 402 g/mol. The molecule has 1 aromatic carbocycles. The molecule has 0 spiro atoms. The number of anilines is 1. The summed E-state index contributed by atoms with van der Waals surface area (Å²) in [5, 5.41) is 14.7. The molecule has 0 bridgehead atoms. The van der Waals surface area contributed by atoms with Gasteiger partial charge in [0.1, 0.15) is 11.9 Å². The molecule has 3 heterocycles. The van der Waals surface area contributed by atoms with E-state index in [1.54, 1.807) is 11.3 Å². The van der Waals surface area contributed by atoms with Gasteiger partial charge in [-0.15, -0.1) is 16.4 Å². The second-order valence-corrected chi connectivity index (χ2v) is 8.27. The number of benzene rings is 1. The monoisotopic (exact) mass is 401 g/mol. The van der Waals surface area contributed by atoms with Crippen LogP contribution in [-0.4, -0.2) is 46.4 Å². The van der Waals surface area contributed by atoms with Crippen LogP contribution in [0, 0.1) is 5.82 Å². The number of tetrazole rings is 1. The van der Waals surface area contributed by atoms with Crippen LogP contribution < -0.4 is 9.80 Å². The van der Waals surface area contributed by atoms with Crippen LogP contribution >= 0.6 is 11.3 Å². The molecule has 0 saturated carbocycles. The fraction of sp³-hybridized carbons (Fsp3) is 0.450. The van der Waals surface area contributed by atoms with Crippen LogP contribution in [0.1, 0.15) is 36.5 Å². The van der Waals surface area contributed by atoms with Crippen molar-refractivity contribution in [3.63, 3.8) is 0 Å². The Morgan fingerprint density at radius 1 is 1.18 bits per heavy atom. The number of aromatic nitrogens is 4. The van der Waals surface area contributed by atoms with Crippen LogP contribution in [0.2, 0.25) is 0 Å². The molecular formula is C20H26FN6S+. The van der Waals surface area contributed by atoms with Crippen molar-refractivity contribution in [2.24, 2.45) is 0 Å². The third-order valence-corrected chi connectivity index (χ3v) is 6.29. The zero-order chi connectivity index (χ0) is 19.3. The minimum absolute atomic E-state index is 0.186. The van der Waals surface area contributed by atoms with Crippen molar-refractivity contribution in [2.75, 3.05) is 31.1 Å². The van der Waals surface area contributed by atoms with Gasteiger partial charge in [0.05, 0.1) is 32.7 Å². The summed E-state index contributed by atoms with van der Waals surface area (Å²) in [5.41, 5.74) is 1.09. The summed E-state index contributed by atoms with van der Waals surface area (Å²) in [5.74, 6) is 0.800. The molecule has 1 aliphatic rings. The minimum atomic E-state index is -0.186. The maximum atomic E-state index is 13.2. The van der Waals surface area contributed by atoms with E-state index in [1.807, 2.05) is 16.8 Å². The highest BCUT2D eigenvalue weighted by atomic mass is 32.1. The van der Waals surface area contributed by atoms with E-state index in [9.17, 15) is 4.39 Å². The standard InChI is InChI=1S/C20H25FN6S/c1-2-4-19(20-22-23-24-27(20)15-18-5-3-14-28-18)26-12-10-25(11-13-26)17-8-6-16(21)7-9-17/h3,5-9,14,19H,2,4,10-13,15H2,1H3/p+1/t19-/m1/s1. The summed E-state index contributed by atoms with van der Waals surface area (Å²) in [4.78, 5) is 5.13. The lowest BCUT2D eigenvalue weighted by Gasteiger charge is -2.37. The van der Waals surface area contributed by atoms with Crippen molar-refractivity contribution in [1.82, 2.24) is 20.2 Å². The van der Waals surface area contributed by atoms with Gasteiger partial charge < -0.3 is 9.80 Å². The number of quaternary nitrogens is 1. The summed E-state index contributed by atoms with van der Waals surface area (Å²) in [6.45, 7) is 6.90. The Morgan fingerprint density at radius 3 is 2.64 bits per heavy atom. The molecule has 1 aliphatic heterocycles. The summed E-state index contributed by atoms with van der Waals surface area (Å²) in [6.07, 6.45) is 2.17. The first kappa shape index (κ1) is 19.0. The highest BCUT2D eigenvalue weighted by Crippen LogP contribution is 2.18. The lowest BCUT2D eigenvalue weighted by Crippen LogP contribution is -3.15. The Bertz CT molecular complexity index is 855. The number of piperazine rings is 1. The van der Waals surface area contributed by atoms with Crippen LogP contribution in [0.25, 0.3) is 0 Å². The lowest BCUT2D eigenvalue weighted by molar-refractivity contribution is -0.933. The van der Waals surface area contributed by atoms with Gasteiger partial charge in [-0.1, -0.05) is 19.4 Å². The smallest absolute Gasteiger partial charge is 0.209 e. The predicted molar refractivity (Wildman–Crippen MR) is 108 cm³/mol. The van der Waals surface area contributed by atoms with Crippen molar-refractivity contribution in [3.05, 3.63) is 58.3 Å². The summed E-state index contributed by atoms with van der Waals surface area (Å²) in [7, 11) is 0. The molecule has 6 nitrogen and oxygen atoms in total. The average Bonchev–Trinajstić information content (AvgIpc) is 3.40. The molecule has 3 aromatic rings. The zero-order valence-electron chi connectivity index (χ0n) is 16.1. The summed E-state index contributed by atoms with van der Waals surface area (Å²) in [6, 6.07) is 11.3. The van der Waals surface area contributed by atoms with Crippen LogP contribution in [0.4, 0.5) is 10.1 Å². The third kappa shape index (κ3) is 4.23. The predicted octanol–water partition coefficient (Wildman–Crippen LogP) is 2.17. The fourth-order valence-electron chi connectivity index (χ4n) is 3.98. The number of rotatable bonds is 7. The van der Waals surface area contributed by atoms with E-state index in [4.69, 9.17) is 0 Å². The molecule has 28 heavy (non-hydrogen) atoms. The summed E-state index contributed by atoms with van der Waals surface area (Å²) >= 11 is 1.73. The maximum Gasteiger partial charge on any atom is 0.209 e. The quantitative estimate of drug-likeness (QED) is 0.659. The molecule has 8 heteroatoms. The Hall–Kier alpha value is -2.32. The molecule has 0 radical (unpaired) electrons. The van der Waals surface area contributed by atoms with Crippen molar-refractivity contribution < 1.29 is 9.29 Å². The van der Waals surface area contributed by atoms with E-state index in [0.29, 0.717) is 6.04 Å². The molecule has 148 valence electrons. The second kappa shape index (κ2) is 8.79. The van der Waals surface area contributed by atoms with Crippen LogP contribution in [0.15, 0.2) is 41.8 Å². The van der Waals surface area contributed by atoms with Gasteiger partial charge >= 0.3 is 0 Å². The van der Waals surface area contributed by atoms with Crippen molar-refractivity contribution >= 4 is 17.0 Å². The van der Waals surface area contributed by atoms with E-state index in [1.165, 1.54) is 21.9 Å². The first-order chi connectivity index (χ1) is 13.7. The number of nitrogens with zero attached hydrogens (tertiary/aromatic N) is 5. The Kier molecular flexibility index (Phi) is 5.97. The molecule has 0 amide bonds. The second-order valence-electron chi connectivity index (χ2n) is 7.24. The first-order valence-corrected chi connectivity index (χ1v) is 10.8. The molecule has 1 fully saturated rings. The number of halogens is 1. The highest BCUT2D eigenvalue weighted by molar-refractivity contribution is 7.09. The molecule has 1 N–H and O–H groups in total. The molecule has 2 aromatic heterocycles. The molecule has 0 aliphatic carbocycles. The van der Waals surface area contributed by atoms with Crippen LogP contribution in [0.5, 0.6) is 0 Å². The fourth-order valence-corrected chi connectivity index (χ4v) is 4.67. The normalized spacial score (nSPS) is 16.4. The van der Waals surface area contributed by atoms with Gasteiger partial charge in [-0.2, -0.15) is 0 Å². The Morgan fingerprint density at radius 2 is 1.96 bits per heavy atom. The van der Waals surface area contributed by atoms with Gasteiger partial charge in [0.2, 0.25) is 5.82 Å². The number of hydrogen-bond donors (Lipinski definition) is 1. The van der Waals surface area contributed by atoms with Crippen LogP contribution in [-0.2, 0) is 6.54 Å². The molecule has 1 atom stereocenters. The Balaban J connectivity index is 1.46. The summed E-state index contributed by atoms with van der Waals surface area (Å²) < 4.78 is 15.2. The largest absolute Gasteiger partial charge is 0.360 e. The lowest BCUT2D eigenvalue weighted by atomic mass is 10.1. The molecule has 1 saturated heterocycles. The maximum absolute atomic E-state index is 13.2. The van der Waals surface area contributed by atoms with Crippen molar-refractivity contribution in [3.8, 4) is 0 Å². The van der Waals surface area contributed by atoms with Gasteiger partial charge in [-0.3, -0.25) is 0 Å². The van der Waals surface area contributed by atoms with Gasteiger partial charge in [-0.25, -0.2) is 9.07 Å². The SMILES string of the molecule is CCC[C@H](c1nnnn1Cc1cccs1)[NH+]1CCN(c2ccc(F)cc2)CC1. The Labute approximate surface area is 168 Å². The van der Waals surface area contributed by atoms with E-state index in [-0.39, 0.29) is 5.82 Å². The van der Waals surface area contributed by atoms with Crippen LogP contribution in [0.3, 0.4) is 0 Å². The topological polar surface area (TPSA) is 51.3 Å². The third-order valence-electron chi connectivity index (χ3n) is 5.42. The zero-order valence-corrected chi connectivity index (χ0v) is 16.9. The van der Waals surface area contributed by atoms with E-state index >= 15 is 0 Å². The number of thiophene rings is 1. The number of nitrogens with one attached hydrogen (secondary N) is 1. The number of hydrogen-bond acceptors (Lipinski definition) is 5. The highest BCUT2D eigenvalue weighted by Gasteiger charge is 2.32. The molecule has 0 unspecified atom stereocenters. The van der Waals surface area contributed by atoms with Crippen molar-refractivity contribution in [1.29, 1.82) is 0 Å². The molecular weight excluding hydrogens is 375 g/mol. The van der Waals surface area contributed by atoms with Gasteiger partial charge in [0.25, 0.3) is 0 Å². The van der Waals surface area contributed by atoms with Gasteiger partial charge in [-0.05, 0) is 46.1 Å². The van der Waals surface area contributed by atoms with E-state index in [0.717, 1.165) is 57.1 Å².